The van der Waals surface area contributed by atoms with E-state index in [-0.39, 0.29) is 11.1 Å². The van der Waals surface area contributed by atoms with Gasteiger partial charge in [0, 0.05) is 31.7 Å². The molecule has 4 nitrogen and oxygen atoms in total. The van der Waals surface area contributed by atoms with Crippen LogP contribution in [0.4, 0.5) is 15.8 Å². The van der Waals surface area contributed by atoms with E-state index in [4.69, 9.17) is 22.1 Å². The van der Waals surface area contributed by atoms with Gasteiger partial charge in [-0.3, -0.25) is 4.90 Å². The zero-order chi connectivity index (χ0) is 13.8. The third-order valence-electron chi connectivity index (χ3n) is 3.13. The Labute approximate surface area is 117 Å². The molecule has 6 heteroatoms. The summed E-state index contributed by atoms with van der Waals surface area (Å²) >= 11 is 5.67. The average Bonchev–Trinajstić information content (AvgIpc) is 2.37. The van der Waals surface area contributed by atoms with Crippen molar-refractivity contribution in [3.05, 3.63) is 23.0 Å². The highest BCUT2D eigenvalue weighted by molar-refractivity contribution is 6.31. The number of morpholine rings is 1. The maximum absolute atomic E-state index is 13.4. The summed E-state index contributed by atoms with van der Waals surface area (Å²) in [5.74, 6) is -0.461. The topological polar surface area (TPSA) is 50.5 Å². The number of benzene rings is 1. The highest BCUT2D eigenvalue weighted by Crippen LogP contribution is 2.26. The molecule has 1 aromatic carbocycles. The van der Waals surface area contributed by atoms with Crippen LogP contribution in [0.25, 0.3) is 0 Å². The number of nitrogen functional groups attached to an aromatic ring is 1. The van der Waals surface area contributed by atoms with Crippen molar-refractivity contribution in [3.63, 3.8) is 0 Å². The number of nitrogens with one attached hydrogen (secondary N) is 1. The summed E-state index contributed by atoms with van der Waals surface area (Å²) in [6.07, 6.45) is 0. The molecule has 106 valence electrons. The maximum atomic E-state index is 13.4. The van der Waals surface area contributed by atoms with Crippen LogP contribution in [-0.4, -0.2) is 43.8 Å². The van der Waals surface area contributed by atoms with Crippen molar-refractivity contribution in [1.82, 2.24) is 4.90 Å². The van der Waals surface area contributed by atoms with E-state index >= 15 is 0 Å². The molecule has 0 amide bonds. The number of anilines is 2. The van der Waals surface area contributed by atoms with Crippen molar-refractivity contribution in [2.24, 2.45) is 0 Å². The Bertz CT molecular complexity index is 438. The van der Waals surface area contributed by atoms with Crippen molar-refractivity contribution in [3.8, 4) is 0 Å². The smallest absolute Gasteiger partial charge is 0.143 e. The Morgan fingerprint density at radius 1 is 1.47 bits per heavy atom. The van der Waals surface area contributed by atoms with E-state index in [1.54, 1.807) is 0 Å². The van der Waals surface area contributed by atoms with Gasteiger partial charge >= 0.3 is 0 Å². The Balaban J connectivity index is 1.94. The van der Waals surface area contributed by atoms with Gasteiger partial charge in [0.05, 0.1) is 29.6 Å². The number of hydrogen-bond donors (Lipinski definition) is 2. The highest BCUT2D eigenvalue weighted by atomic mass is 35.5. The molecule has 1 saturated heterocycles. The third kappa shape index (κ3) is 3.96. The number of nitrogens with two attached hydrogens (primary N) is 1. The second kappa shape index (κ2) is 6.41. The molecule has 1 aromatic rings. The predicted octanol–water partition coefficient (Wildman–Crippen LogP) is 2.19. The van der Waals surface area contributed by atoms with E-state index in [0.29, 0.717) is 11.4 Å². The zero-order valence-corrected chi connectivity index (χ0v) is 11.7. The Morgan fingerprint density at radius 2 is 2.16 bits per heavy atom. The Kier molecular flexibility index (Phi) is 4.85. The number of rotatable bonds is 4. The van der Waals surface area contributed by atoms with Gasteiger partial charge in [-0.1, -0.05) is 11.6 Å². The number of halogens is 2. The molecule has 1 aliphatic rings. The lowest BCUT2D eigenvalue weighted by Gasteiger charge is -2.30. The van der Waals surface area contributed by atoms with E-state index in [9.17, 15) is 4.39 Å². The van der Waals surface area contributed by atoms with Crippen LogP contribution in [0.3, 0.4) is 0 Å². The first-order chi connectivity index (χ1) is 9.06. The fraction of sp³-hybridized carbons (Fsp3) is 0.538. The van der Waals surface area contributed by atoms with Crippen molar-refractivity contribution in [1.29, 1.82) is 0 Å². The lowest BCUT2D eigenvalue weighted by molar-refractivity contribution is 0.0368. The van der Waals surface area contributed by atoms with Gasteiger partial charge in [0.2, 0.25) is 0 Å². The monoisotopic (exact) mass is 287 g/mol. The van der Waals surface area contributed by atoms with E-state index in [1.165, 1.54) is 12.1 Å². The lowest BCUT2D eigenvalue weighted by atomic mass is 10.2. The van der Waals surface area contributed by atoms with Gasteiger partial charge in [-0.05, 0) is 13.0 Å². The van der Waals surface area contributed by atoms with Crippen LogP contribution in [0.2, 0.25) is 5.02 Å². The average molecular weight is 288 g/mol. The molecule has 0 aromatic heterocycles. The van der Waals surface area contributed by atoms with Crippen molar-refractivity contribution in [2.45, 2.75) is 13.0 Å². The molecular formula is C13H19ClFN3O. The molecule has 0 aliphatic carbocycles. The number of ether oxygens (including phenoxy) is 1. The minimum Gasteiger partial charge on any atom is -0.397 e. The molecule has 1 unspecified atom stereocenters. The molecule has 0 bridgehead atoms. The second-order valence-electron chi connectivity index (χ2n) is 4.81. The number of hydrogen-bond acceptors (Lipinski definition) is 4. The molecule has 1 atom stereocenters. The SMILES string of the molecule is CC(CN1CCOCC1)Nc1cc(F)c(Cl)cc1N. The van der Waals surface area contributed by atoms with Crippen molar-refractivity contribution in [2.75, 3.05) is 43.9 Å². The summed E-state index contributed by atoms with van der Waals surface area (Å²) < 4.78 is 18.7. The minimum atomic E-state index is -0.461. The van der Waals surface area contributed by atoms with Gasteiger partial charge in [-0.2, -0.15) is 0 Å². The maximum Gasteiger partial charge on any atom is 0.143 e. The van der Waals surface area contributed by atoms with Gasteiger partial charge in [0.25, 0.3) is 0 Å². The van der Waals surface area contributed by atoms with E-state index in [2.05, 4.69) is 10.2 Å². The quantitative estimate of drug-likeness (QED) is 0.834. The van der Waals surface area contributed by atoms with Crippen molar-refractivity contribution >= 4 is 23.0 Å². The first kappa shape index (κ1) is 14.4. The fourth-order valence-corrected chi connectivity index (χ4v) is 2.34. The fourth-order valence-electron chi connectivity index (χ4n) is 2.17. The second-order valence-corrected chi connectivity index (χ2v) is 5.22. The minimum absolute atomic E-state index is 0.0453. The molecule has 1 aliphatic heterocycles. The summed E-state index contributed by atoms with van der Waals surface area (Å²) in [4.78, 5) is 2.31. The van der Waals surface area contributed by atoms with Crippen LogP contribution in [-0.2, 0) is 4.74 Å². The Hall–Kier alpha value is -1.04. The lowest BCUT2D eigenvalue weighted by Crippen LogP contribution is -2.42. The molecule has 0 radical (unpaired) electrons. The van der Waals surface area contributed by atoms with Gasteiger partial charge in [-0.25, -0.2) is 4.39 Å². The van der Waals surface area contributed by atoms with E-state index < -0.39 is 5.82 Å². The first-order valence-electron chi connectivity index (χ1n) is 6.37. The molecular weight excluding hydrogens is 269 g/mol. The summed E-state index contributed by atoms with van der Waals surface area (Å²) in [7, 11) is 0. The summed E-state index contributed by atoms with van der Waals surface area (Å²) in [5.41, 5.74) is 6.87. The summed E-state index contributed by atoms with van der Waals surface area (Å²) in [6, 6.07) is 2.94. The van der Waals surface area contributed by atoms with Crippen LogP contribution >= 0.6 is 11.6 Å². The molecule has 19 heavy (non-hydrogen) atoms. The zero-order valence-electron chi connectivity index (χ0n) is 11.0. The van der Waals surface area contributed by atoms with E-state index in [1.807, 2.05) is 6.92 Å². The summed E-state index contributed by atoms with van der Waals surface area (Å²) in [5, 5.41) is 3.26. The normalized spacial score (nSPS) is 18.3. The standard InChI is InChI=1S/C13H19ClFN3O/c1-9(8-18-2-4-19-5-3-18)17-13-7-11(15)10(14)6-12(13)16/h6-7,9,17H,2-5,8,16H2,1H3. The van der Waals surface area contributed by atoms with Gasteiger partial charge in [0.1, 0.15) is 5.82 Å². The molecule has 0 saturated carbocycles. The van der Waals surface area contributed by atoms with Crippen molar-refractivity contribution < 1.29 is 9.13 Å². The van der Waals surface area contributed by atoms with Gasteiger partial charge in [-0.15, -0.1) is 0 Å². The number of nitrogens with zero attached hydrogens (tertiary/aromatic N) is 1. The molecule has 1 heterocycles. The molecule has 2 rings (SSSR count). The molecule has 3 N–H and O–H groups in total. The van der Waals surface area contributed by atoms with Crippen LogP contribution in [0.5, 0.6) is 0 Å². The van der Waals surface area contributed by atoms with Crippen LogP contribution in [0.15, 0.2) is 12.1 Å². The van der Waals surface area contributed by atoms with Gasteiger partial charge < -0.3 is 15.8 Å². The van der Waals surface area contributed by atoms with E-state index in [0.717, 1.165) is 32.8 Å². The van der Waals surface area contributed by atoms with Gasteiger partial charge in [0.15, 0.2) is 0 Å². The summed E-state index contributed by atoms with van der Waals surface area (Å²) in [6.45, 7) is 6.30. The first-order valence-corrected chi connectivity index (χ1v) is 6.75. The molecule has 1 fully saturated rings. The predicted molar refractivity (Wildman–Crippen MR) is 76.2 cm³/mol. The Morgan fingerprint density at radius 3 is 2.84 bits per heavy atom. The molecule has 0 spiro atoms. The van der Waals surface area contributed by atoms with Crippen LogP contribution in [0, 0.1) is 5.82 Å². The third-order valence-corrected chi connectivity index (χ3v) is 3.42. The largest absolute Gasteiger partial charge is 0.397 e. The van der Waals surface area contributed by atoms with Crippen LogP contribution < -0.4 is 11.1 Å². The van der Waals surface area contributed by atoms with Crippen LogP contribution in [0.1, 0.15) is 6.92 Å². The highest BCUT2D eigenvalue weighted by Gasteiger charge is 2.15.